The standard InChI is InChI=1S/CH3O2P/c2-1-4-3/h2H,1H2/p+1. The Morgan fingerprint density at radius 3 is 2.25 bits per heavy atom. The Labute approximate surface area is 25.7 Å². The van der Waals surface area contributed by atoms with Gasteiger partial charge in [-0.15, -0.1) is 0 Å². The molecule has 0 aromatic rings. The van der Waals surface area contributed by atoms with Crippen LogP contribution in [-0.2, 0) is 4.57 Å². The van der Waals surface area contributed by atoms with E-state index in [4.69, 9.17) is 9.67 Å². The van der Waals surface area contributed by atoms with Crippen molar-refractivity contribution in [2.45, 2.75) is 0 Å². The largest absolute Gasteiger partial charge is 0.353 e. The van der Waals surface area contributed by atoms with Crippen LogP contribution in [-0.4, -0.2) is 11.5 Å². The maximum Gasteiger partial charge on any atom is 0.352 e. The molecule has 0 aromatic carbocycles. The second-order valence-corrected chi connectivity index (χ2v) is 0.907. The third kappa shape index (κ3) is 2.06. The molecule has 3 heteroatoms. The fourth-order valence-corrected chi connectivity index (χ4v) is 0. The Bertz CT molecular complexity index is 20.0. The summed E-state index contributed by atoms with van der Waals surface area (Å²) in [6.45, 7) is 0. The van der Waals surface area contributed by atoms with Crippen molar-refractivity contribution in [2.75, 3.05) is 6.35 Å². The van der Waals surface area contributed by atoms with Gasteiger partial charge in [0.1, 0.15) is 0 Å². The first-order chi connectivity index (χ1) is 1.91. The molecule has 0 saturated carbocycles. The summed E-state index contributed by atoms with van der Waals surface area (Å²) in [7, 11) is -0.554. The van der Waals surface area contributed by atoms with Gasteiger partial charge in [0.2, 0.25) is 6.35 Å². The molecule has 0 aliphatic rings. The molecule has 24 valence electrons. The Kier molecular flexibility index (Phi) is 3.11. The topological polar surface area (TPSA) is 37.3 Å². The van der Waals surface area contributed by atoms with Crippen LogP contribution in [0.15, 0.2) is 0 Å². The second kappa shape index (κ2) is 3.06. The van der Waals surface area contributed by atoms with Crippen LogP contribution in [0.5, 0.6) is 0 Å². The fraction of sp³-hybridized carbons (Fsp3) is 1.00. The smallest absolute Gasteiger partial charge is 0.352 e. The van der Waals surface area contributed by atoms with Crippen LogP contribution < -0.4 is 0 Å². The van der Waals surface area contributed by atoms with Crippen LogP contribution in [0.1, 0.15) is 0 Å². The van der Waals surface area contributed by atoms with Crippen LogP contribution in [0.2, 0.25) is 0 Å². The van der Waals surface area contributed by atoms with E-state index in [1.54, 1.807) is 0 Å². The first-order valence-corrected chi connectivity index (χ1v) is 1.99. The maximum absolute atomic E-state index is 9.08. The van der Waals surface area contributed by atoms with Gasteiger partial charge in [-0.05, 0) is 0 Å². The molecule has 0 aliphatic heterocycles. The number of aliphatic hydroxyl groups excluding tert-OH is 1. The molecule has 0 fully saturated rings. The summed E-state index contributed by atoms with van der Waals surface area (Å²) in [5.41, 5.74) is 0. The van der Waals surface area contributed by atoms with Gasteiger partial charge in [-0.3, -0.25) is 0 Å². The summed E-state index contributed by atoms with van der Waals surface area (Å²) < 4.78 is 9.08. The molecule has 0 saturated heterocycles. The van der Waals surface area contributed by atoms with Crippen LogP contribution in [0.25, 0.3) is 0 Å². The summed E-state index contributed by atoms with van der Waals surface area (Å²) in [5.74, 6) is 0. The average Bonchev–Trinajstić information content (AvgIpc) is 1.37. The van der Waals surface area contributed by atoms with E-state index < -0.39 is 8.46 Å². The summed E-state index contributed by atoms with van der Waals surface area (Å²) >= 11 is 0. The fourth-order valence-electron chi connectivity index (χ4n) is 0. The predicted molar refractivity (Wildman–Crippen MR) is 16.1 cm³/mol. The van der Waals surface area contributed by atoms with Gasteiger partial charge in [0.25, 0.3) is 0 Å². The van der Waals surface area contributed by atoms with E-state index in [1.807, 2.05) is 0 Å². The molecular weight excluding hydrogens is 75.0 g/mol. The van der Waals surface area contributed by atoms with E-state index >= 15 is 0 Å². The van der Waals surface area contributed by atoms with Gasteiger partial charge in [0.15, 0.2) is 0 Å². The number of rotatable bonds is 1. The van der Waals surface area contributed by atoms with Gasteiger partial charge in [-0.25, -0.2) is 0 Å². The zero-order chi connectivity index (χ0) is 3.41. The normalized spacial score (nSPS) is 8.25. The van der Waals surface area contributed by atoms with Gasteiger partial charge in [-0.1, -0.05) is 4.57 Å². The van der Waals surface area contributed by atoms with Crippen molar-refractivity contribution in [3.8, 4) is 0 Å². The molecule has 0 rings (SSSR count). The highest BCUT2D eigenvalue weighted by Crippen LogP contribution is 1.79. The van der Waals surface area contributed by atoms with Crippen molar-refractivity contribution in [2.24, 2.45) is 0 Å². The number of aliphatic hydroxyl groups is 1. The van der Waals surface area contributed by atoms with E-state index in [-0.39, 0.29) is 6.35 Å². The molecule has 1 unspecified atom stereocenters. The monoisotopic (exact) mass is 79.0 g/mol. The van der Waals surface area contributed by atoms with E-state index in [0.29, 0.717) is 0 Å². The third-order valence-corrected chi connectivity index (χ3v) is 0.194. The van der Waals surface area contributed by atoms with Crippen molar-refractivity contribution >= 4 is 8.46 Å². The van der Waals surface area contributed by atoms with Crippen molar-refractivity contribution in [1.82, 2.24) is 0 Å². The highest BCUT2D eigenvalue weighted by atomic mass is 31.1. The number of hydrogen-bond donors (Lipinski definition) is 1. The lowest BCUT2D eigenvalue weighted by molar-refractivity contribution is 0.366. The molecule has 1 N–H and O–H groups in total. The van der Waals surface area contributed by atoms with Gasteiger partial charge in [-0.2, -0.15) is 0 Å². The lowest BCUT2D eigenvalue weighted by Gasteiger charge is -1.42. The molecule has 0 amide bonds. The Balaban J connectivity index is 2.30. The van der Waals surface area contributed by atoms with Gasteiger partial charge < -0.3 is 5.11 Å². The summed E-state index contributed by atoms with van der Waals surface area (Å²) in [6.07, 6.45) is -0.208. The molecule has 4 heavy (non-hydrogen) atoms. The minimum absolute atomic E-state index is 0.208. The van der Waals surface area contributed by atoms with Crippen LogP contribution in [0, 0.1) is 0 Å². The maximum atomic E-state index is 9.08. The SMILES string of the molecule is O=[PH+]CO. The first-order valence-electron chi connectivity index (χ1n) is 0.874. The molecule has 2 nitrogen and oxygen atoms in total. The number of hydrogen-bond acceptors (Lipinski definition) is 2. The minimum Gasteiger partial charge on any atom is -0.353 e. The van der Waals surface area contributed by atoms with Crippen molar-refractivity contribution < 1.29 is 9.67 Å². The van der Waals surface area contributed by atoms with Crippen molar-refractivity contribution in [3.05, 3.63) is 0 Å². The molecule has 0 aromatic heterocycles. The quantitative estimate of drug-likeness (QED) is 0.448. The van der Waals surface area contributed by atoms with E-state index in [2.05, 4.69) is 0 Å². The van der Waals surface area contributed by atoms with E-state index in [1.165, 1.54) is 0 Å². The Morgan fingerprint density at radius 2 is 2.25 bits per heavy atom. The molecule has 0 bridgehead atoms. The molecular formula is CH4O2P+. The van der Waals surface area contributed by atoms with E-state index in [9.17, 15) is 0 Å². The first kappa shape index (κ1) is 4.06. The van der Waals surface area contributed by atoms with Gasteiger partial charge in [0.05, 0.1) is 0 Å². The minimum atomic E-state index is -0.554. The van der Waals surface area contributed by atoms with Crippen LogP contribution >= 0.6 is 8.46 Å². The van der Waals surface area contributed by atoms with Crippen molar-refractivity contribution in [1.29, 1.82) is 0 Å². The molecule has 0 spiro atoms. The van der Waals surface area contributed by atoms with Crippen molar-refractivity contribution in [3.63, 3.8) is 0 Å². The lowest BCUT2D eigenvalue weighted by Crippen LogP contribution is -1.51. The highest BCUT2D eigenvalue weighted by Gasteiger charge is 1.69. The summed E-state index contributed by atoms with van der Waals surface area (Å²) in [5, 5.41) is 7.57. The third-order valence-electron chi connectivity index (χ3n) is 0.0645. The average molecular weight is 79.0 g/mol. The van der Waals surface area contributed by atoms with E-state index in [0.717, 1.165) is 0 Å². The Morgan fingerprint density at radius 1 is 2.00 bits per heavy atom. The van der Waals surface area contributed by atoms with Crippen LogP contribution in [0.4, 0.5) is 0 Å². The lowest BCUT2D eigenvalue weighted by atomic mass is 11.7. The zero-order valence-electron chi connectivity index (χ0n) is 2.06. The zero-order valence-corrected chi connectivity index (χ0v) is 3.06. The molecule has 0 radical (unpaired) electrons. The Hall–Kier alpha value is 0.0600. The van der Waals surface area contributed by atoms with Gasteiger partial charge >= 0.3 is 8.46 Å². The summed E-state index contributed by atoms with van der Waals surface area (Å²) in [4.78, 5) is 0. The summed E-state index contributed by atoms with van der Waals surface area (Å²) in [6, 6.07) is 0. The van der Waals surface area contributed by atoms with Gasteiger partial charge in [0, 0.05) is 0 Å². The highest BCUT2D eigenvalue weighted by molar-refractivity contribution is 7.23. The predicted octanol–water partition coefficient (Wildman–Crippen LogP) is -0.0398. The molecule has 1 atom stereocenters. The van der Waals surface area contributed by atoms with Crippen LogP contribution in [0.3, 0.4) is 0 Å². The second-order valence-electron chi connectivity index (χ2n) is 0.302. The molecule has 0 aliphatic carbocycles. The molecule has 0 heterocycles.